The molecule has 0 spiro atoms. The number of thiazole rings is 1. The van der Waals surface area contributed by atoms with Crippen LogP contribution in [0.1, 0.15) is 11.1 Å². The summed E-state index contributed by atoms with van der Waals surface area (Å²) in [7, 11) is -3.80. The summed E-state index contributed by atoms with van der Waals surface area (Å²) in [5.74, 6) is 0. The molecule has 0 aliphatic heterocycles. The summed E-state index contributed by atoms with van der Waals surface area (Å²) in [4.78, 5) is 4.76. The van der Waals surface area contributed by atoms with Crippen LogP contribution in [0.3, 0.4) is 0 Å². The maximum absolute atomic E-state index is 13.4. The number of para-hydroxylation sites is 1. The number of hydrogen-bond donors (Lipinski definition) is 0. The molecule has 5 nitrogen and oxygen atoms in total. The lowest BCUT2D eigenvalue weighted by atomic mass is 10.1. The van der Waals surface area contributed by atoms with Gasteiger partial charge >= 0.3 is 0 Å². The molecule has 0 aliphatic rings. The van der Waals surface area contributed by atoms with Crippen LogP contribution in [0.4, 0.5) is 5.13 Å². The van der Waals surface area contributed by atoms with E-state index in [2.05, 4.69) is 11.1 Å². The standard InChI is InChI=1S/C21H15N3O2S2/c22-14-16-10-12-17(13-11-16)15-24(28(25,26)18-6-2-1-3-7-18)21-23-19-8-4-5-9-20(19)27-21/h1-13H,15H2. The topological polar surface area (TPSA) is 74.1 Å². The van der Waals surface area contributed by atoms with Crippen LogP contribution in [0.25, 0.3) is 10.2 Å². The van der Waals surface area contributed by atoms with Crippen molar-refractivity contribution in [3.63, 3.8) is 0 Å². The van der Waals surface area contributed by atoms with Crippen molar-refractivity contribution < 1.29 is 8.42 Å². The zero-order chi connectivity index (χ0) is 19.6. The Balaban J connectivity index is 1.81. The van der Waals surface area contributed by atoms with Crippen LogP contribution in [0.15, 0.2) is 83.8 Å². The van der Waals surface area contributed by atoms with E-state index in [-0.39, 0.29) is 11.4 Å². The minimum atomic E-state index is -3.80. The summed E-state index contributed by atoms with van der Waals surface area (Å²) in [5.41, 5.74) is 2.06. The molecule has 0 aliphatic carbocycles. The van der Waals surface area contributed by atoms with Crippen molar-refractivity contribution >= 4 is 36.7 Å². The van der Waals surface area contributed by atoms with Gasteiger partial charge in [-0.15, -0.1) is 0 Å². The molecule has 0 bridgehead atoms. The van der Waals surface area contributed by atoms with Crippen molar-refractivity contribution in [2.75, 3.05) is 4.31 Å². The molecule has 3 aromatic carbocycles. The number of nitriles is 1. The lowest BCUT2D eigenvalue weighted by molar-refractivity contribution is 0.590. The number of hydrogen-bond acceptors (Lipinski definition) is 5. The second-order valence-corrected chi connectivity index (χ2v) is 8.97. The van der Waals surface area contributed by atoms with Crippen LogP contribution < -0.4 is 4.31 Å². The summed E-state index contributed by atoms with van der Waals surface area (Å²) in [6.07, 6.45) is 0. The van der Waals surface area contributed by atoms with Crippen molar-refractivity contribution in [3.8, 4) is 6.07 Å². The van der Waals surface area contributed by atoms with Crippen LogP contribution in [-0.2, 0) is 16.6 Å². The molecular formula is C21H15N3O2S2. The largest absolute Gasteiger partial charge is 0.266 e. The molecule has 7 heteroatoms. The predicted molar refractivity (Wildman–Crippen MR) is 111 cm³/mol. The summed E-state index contributed by atoms with van der Waals surface area (Å²) in [6.45, 7) is 0.128. The highest BCUT2D eigenvalue weighted by Crippen LogP contribution is 2.33. The minimum absolute atomic E-state index is 0.128. The number of sulfonamides is 1. The first-order valence-corrected chi connectivity index (χ1v) is 10.8. The van der Waals surface area contributed by atoms with Gasteiger partial charge in [-0.3, -0.25) is 0 Å². The number of fused-ring (bicyclic) bond motifs is 1. The Bertz CT molecular complexity index is 1230. The van der Waals surface area contributed by atoms with Crippen LogP contribution in [0.5, 0.6) is 0 Å². The van der Waals surface area contributed by atoms with E-state index in [1.807, 2.05) is 24.3 Å². The van der Waals surface area contributed by atoms with Crippen molar-refractivity contribution in [1.82, 2.24) is 4.98 Å². The van der Waals surface area contributed by atoms with E-state index in [9.17, 15) is 8.42 Å². The molecule has 1 heterocycles. The van der Waals surface area contributed by atoms with E-state index in [1.54, 1.807) is 54.6 Å². The first-order valence-electron chi connectivity index (χ1n) is 8.50. The second-order valence-electron chi connectivity index (χ2n) is 6.10. The second kappa shape index (κ2) is 7.43. The maximum atomic E-state index is 13.4. The number of nitrogens with zero attached hydrogens (tertiary/aromatic N) is 3. The molecule has 0 N–H and O–H groups in total. The van der Waals surface area contributed by atoms with Gasteiger partial charge in [-0.1, -0.05) is 53.8 Å². The van der Waals surface area contributed by atoms with Gasteiger partial charge in [0.25, 0.3) is 10.0 Å². The van der Waals surface area contributed by atoms with Gasteiger partial charge in [-0.05, 0) is 42.0 Å². The van der Waals surface area contributed by atoms with Crippen molar-refractivity contribution in [3.05, 3.63) is 90.0 Å². The molecule has 0 atom stereocenters. The molecule has 0 saturated heterocycles. The quantitative estimate of drug-likeness (QED) is 0.488. The van der Waals surface area contributed by atoms with Gasteiger partial charge in [0.15, 0.2) is 0 Å². The Morgan fingerprint density at radius 1 is 0.929 bits per heavy atom. The average molecular weight is 406 g/mol. The summed E-state index contributed by atoms with van der Waals surface area (Å²) in [5, 5.41) is 9.39. The fourth-order valence-corrected chi connectivity index (χ4v) is 5.39. The van der Waals surface area contributed by atoms with Gasteiger partial charge < -0.3 is 0 Å². The first kappa shape index (κ1) is 18.2. The zero-order valence-corrected chi connectivity index (χ0v) is 16.3. The molecule has 0 fully saturated rings. The van der Waals surface area contributed by atoms with Gasteiger partial charge in [-0.25, -0.2) is 17.7 Å². The third-order valence-electron chi connectivity index (χ3n) is 4.24. The molecule has 0 unspecified atom stereocenters. The van der Waals surface area contributed by atoms with Crippen molar-refractivity contribution in [2.45, 2.75) is 11.4 Å². The number of rotatable bonds is 5. The SMILES string of the molecule is N#Cc1ccc(CN(c2nc3ccccc3s2)S(=O)(=O)c2ccccc2)cc1. The highest BCUT2D eigenvalue weighted by Gasteiger charge is 2.27. The maximum Gasteiger partial charge on any atom is 0.266 e. The van der Waals surface area contributed by atoms with E-state index in [0.29, 0.717) is 10.7 Å². The molecular weight excluding hydrogens is 390 g/mol. The van der Waals surface area contributed by atoms with Crippen molar-refractivity contribution in [1.29, 1.82) is 5.26 Å². The normalized spacial score (nSPS) is 11.2. The van der Waals surface area contributed by atoms with Crippen LogP contribution in [-0.4, -0.2) is 13.4 Å². The Morgan fingerprint density at radius 3 is 2.29 bits per heavy atom. The monoisotopic (exact) mass is 405 g/mol. The highest BCUT2D eigenvalue weighted by atomic mass is 32.2. The summed E-state index contributed by atoms with van der Waals surface area (Å²) in [6, 6.07) is 24.9. The molecule has 0 amide bonds. The minimum Gasteiger partial charge on any atom is -0.237 e. The van der Waals surface area contributed by atoms with Crippen molar-refractivity contribution in [2.24, 2.45) is 0 Å². The van der Waals surface area contributed by atoms with Crippen LogP contribution in [0.2, 0.25) is 0 Å². The van der Waals surface area contributed by atoms with Gasteiger partial charge in [0.05, 0.1) is 33.3 Å². The van der Waals surface area contributed by atoms with Gasteiger partial charge in [0.1, 0.15) is 0 Å². The smallest absolute Gasteiger partial charge is 0.237 e. The van der Waals surface area contributed by atoms with E-state index in [0.717, 1.165) is 15.8 Å². The third-order valence-corrected chi connectivity index (χ3v) is 7.16. The third kappa shape index (κ3) is 3.48. The van der Waals surface area contributed by atoms with E-state index < -0.39 is 10.0 Å². The Labute approximate surface area is 167 Å². The number of aromatic nitrogens is 1. The average Bonchev–Trinajstić information content (AvgIpc) is 3.16. The fraction of sp³-hybridized carbons (Fsp3) is 0.0476. The molecule has 0 radical (unpaired) electrons. The van der Waals surface area contributed by atoms with E-state index in [1.165, 1.54) is 15.6 Å². The molecule has 1 aromatic heterocycles. The van der Waals surface area contributed by atoms with Gasteiger partial charge in [-0.2, -0.15) is 5.26 Å². The van der Waals surface area contributed by atoms with Crippen LogP contribution >= 0.6 is 11.3 Å². The highest BCUT2D eigenvalue weighted by molar-refractivity contribution is 7.93. The molecule has 4 aromatic rings. The first-order chi connectivity index (χ1) is 13.6. The molecule has 138 valence electrons. The van der Waals surface area contributed by atoms with E-state index >= 15 is 0 Å². The van der Waals surface area contributed by atoms with Gasteiger partial charge in [0.2, 0.25) is 5.13 Å². The Morgan fingerprint density at radius 2 is 1.61 bits per heavy atom. The van der Waals surface area contributed by atoms with Crippen LogP contribution in [0, 0.1) is 11.3 Å². The lowest BCUT2D eigenvalue weighted by Gasteiger charge is -2.22. The summed E-state index contributed by atoms with van der Waals surface area (Å²) < 4.78 is 29.0. The zero-order valence-electron chi connectivity index (χ0n) is 14.7. The molecule has 4 rings (SSSR count). The van der Waals surface area contributed by atoms with E-state index in [4.69, 9.17) is 5.26 Å². The fourth-order valence-electron chi connectivity index (χ4n) is 2.79. The Hall–Kier alpha value is -3.21. The number of anilines is 1. The molecule has 0 saturated carbocycles. The van der Waals surface area contributed by atoms with Gasteiger partial charge in [0, 0.05) is 0 Å². The molecule has 28 heavy (non-hydrogen) atoms. The number of benzene rings is 3. The predicted octanol–water partition coefficient (Wildman–Crippen LogP) is 4.56. The summed E-state index contributed by atoms with van der Waals surface area (Å²) >= 11 is 1.34. The lowest BCUT2D eigenvalue weighted by Crippen LogP contribution is -2.30. The Kier molecular flexibility index (Phi) is 4.82.